The average molecular weight is 318 g/mol. The van der Waals surface area contributed by atoms with Gasteiger partial charge in [0.25, 0.3) is 0 Å². The molecule has 23 heavy (non-hydrogen) atoms. The topological polar surface area (TPSA) is 75.2 Å². The number of benzene rings is 2. The minimum absolute atomic E-state index is 0.0604. The Morgan fingerprint density at radius 3 is 2.74 bits per heavy atom. The second-order valence-electron chi connectivity index (χ2n) is 4.87. The van der Waals surface area contributed by atoms with Crippen LogP contribution in [0.5, 0.6) is 5.75 Å². The Hall–Kier alpha value is -2.80. The number of aromatic amines is 1. The lowest BCUT2D eigenvalue weighted by Crippen LogP contribution is -2.06. The Balaban J connectivity index is 2.11. The fraction of sp³-hybridized carbons (Fsp3) is 0.125. The maximum Gasteiger partial charge on any atom is 0.191 e. The van der Waals surface area contributed by atoms with Crippen molar-refractivity contribution < 1.29 is 23.4 Å². The van der Waals surface area contributed by atoms with Crippen LogP contribution < -0.4 is 4.74 Å². The second-order valence-corrected chi connectivity index (χ2v) is 4.87. The minimum atomic E-state index is -0.783. The molecule has 0 amide bonds. The summed E-state index contributed by atoms with van der Waals surface area (Å²) in [5, 5.41) is 8.86. The van der Waals surface area contributed by atoms with Crippen LogP contribution >= 0.6 is 0 Å². The smallest absolute Gasteiger partial charge is 0.191 e. The first-order chi connectivity index (χ1) is 11.0. The molecule has 0 radical (unpaired) electrons. The Kier molecular flexibility index (Phi) is 3.79. The minimum Gasteiger partial charge on any atom is -0.494 e. The lowest BCUT2D eigenvalue weighted by atomic mass is 10.1. The van der Waals surface area contributed by atoms with Crippen molar-refractivity contribution in [3.05, 3.63) is 47.5 Å². The highest BCUT2D eigenvalue weighted by atomic mass is 19.1. The fourth-order valence-electron chi connectivity index (χ4n) is 2.27. The van der Waals surface area contributed by atoms with Crippen LogP contribution in [0.25, 0.3) is 22.4 Å². The van der Waals surface area contributed by atoms with Gasteiger partial charge in [-0.3, -0.25) is 4.79 Å². The molecule has 1 aromatic heterocycles. The third-order valence-electron chi connectivity index (χ3n) is 3.44. The summed E-state index contributed by atoms with van der Waals surface area (Å²) in [5.41, 5.74) is 1.07. The summed E-state index contributed by atoms with van der Waals surface area (Å²) < 4.78 is 32.3. The molecule has 0 aliphatic rings. The van der Waals surface area contributed by atoms with E-state index in [1.807, 2.05) is 0 Å². The predicted octanol–water partition coefficient (Wildman–Crippen LogP) is 2.69. The van der Waals surface area contributed by atoms with Crippen molar-refractivity contribution in [2.45, 2.75) is 0 Å². The van der Waals surface area contributed by atoms with E-state index in [1.54, 1.807) is 0 Å². The van der Waals surface area contributed by atoms with Crippen molar-refractivity contribution in [1.29, 1.82) is 0 Å². The third-order valence-corrected chi connectivity index (χ3v) is 3.44. The molecule has 2 aromatic carbocycles. The number of hydrogen-bond acceptors (Lipinski definition) is 4. The van der Waals surface area contributed by atoms with Crippen molar-refractivity contribution in [3.8, 4) is 17.1 Å². The molecule has 5 nitrogen and oxygen atoms in total. The number of hydrogen-bond donors (Lipinski definition) is 2. The lowest BCUT2D eigenvalue weighted by molar-refractivity contribution is 0.0900. The number of imidazole rings is 1. The maximum absolute atomic E-state index is 13.9. The van der Waals surface area contributed by atoms with Crippen LogP contribution in [0.3, 0.4) is 0 Å². The van der Waals surface area contributed by atoms with Gasteiger partial charge in [0.1, 0.15) is 18.2 Å². The van der Waals surface area contributed by atoms with Crippen molar-refractivity contribution in [2.75, 3.05) is 13.7 Å². The van der Waals surface area contributed by atoms with Crippen molar-refractivity contribution in [1.82, 2.24) is 9.97 Å². The number of ketones is 1. The van der Waals surface area contributed by atoms with E-state index in [0.29, 0.717) is 22.4 Å². The van der Waals surface area contributed by atoms with E-state index < -0.39 is 24.0 Å². The van der Waals surface area contributed by atoms with Gasteiger partial charge >= 0.3 is 0 Å². The first-order valence-corrected chi connectivity index (χ1v) is 6.70. The molecule has 1 heterocycles. The average Bonchev–Trinajstić information content (AvgIpc) is 2.96. The standard InChI is InChI=1S/C16H12F2N2O3/c1-23-15-4-8(2-3-10(15)17)16-19-12-5-9(14(22)7-21)11(18)6-13(12)20-16/h2-6,21H,7H2,1H3,(H,19,20). The summed E-state index contributed by atoms with van der Waals surface area (Å²) in [6.45, 7) is -0.783. The highest BCUT2D eigenvalue weighted by Crippen LogP contribution is 2.27. The second kappa shape index (κ2) is 5.77. The van der Waals surface area contributed by atoms with Gasteiger partial charge in [-0.05, 0) is 24.3 Å². The van der Waals surface area contributed by atoms with Crippen LogP contribution in [0.15, 0.2) is 30.3 Å². The Morgan fingerprint density at radius 2 is 2.04 bits per heavy atom. The first-order valence-electron chi connectivity index (χ1n) is 6.70. The largest absolute Gasteiger partial charge is 0.494 e. The van der Waals surface area contributed by atoms with Crippen LogP contribution in [-0.4, -0.2) is 34.6 Å². The zero-order valence-electron chi connectivity index (χ0n) is 12.1. The number of H-pyrrole nitrogens is 1. The number of carbonyl (C=O) groups is 1. The number of rotatable bonds is 4. The normalized spacial score (nSPS) is 11.0. The van der Waals surface area contributed by atoms with Crippen LogP contribution in [-0.2, 0) is 0 Å². The van der Waals surface area contributed by atoms with Gasteiger partial charge < -0.3 is 14.8 Å². The number of methoxy groups -OCH3 is 1. The van der Waals surface area contributed by atoms with E-state index >= 15 is 0 Å². The number of nitrogens with one attached hydrogen (secondary N) is 1. The van der Waals surface area contributed by atoms with Crippen molar-refractivity contribution in [2.24, 2.45) is 0 Å². The zero-order chi connectivity index (χ0) is 16.6. The molecule has 3 rings (SSSR count). The third kappa shape index (κ3) is 2.66. The summed E-state index contributed by atoms with van der Waals surface area (Å²) in [6.07, 6.45) is 0. The molecule has 3 aromatic rings. The molecular weight excluding hydrogens is 306 g/mol. The van der Waals surface area contributed by atoms with Gasteiger partial charge in [-0.1, -0.05) is 0 Å². The van der Waals surface area contributed by atoms with Gasteiger partial charge in [0.05, 0.1) is 23.7 Å². The highest BCUT2D eigenvalue weighted by molar-refractivity contribution is 6.00. The molecule has 0 aliphatic heterocycles. The quantitative estimate of drug-likeness (QED) is 0.725. The molecule has 0 unspecified atom stereocenters. The van der Waals surface area contributed by atoms with E-state index in [2.05, 4.69) is 9.97 Å². The predicted molar refractivity (Wildman–Crippen MR) is 79.4 cm³/mol. The summed E-state index contributed by atoms with van der Waals surface area (Å²) in [4.78, 5) is 18.7. The maximum atomic E-state index is 13.9. The molecule has 7 heteroatoms. The molecule has 0 fully saturated rings. The number of aliphatic hydroxyl groups is 1. The van der Waals surface area contributed by atoms with Gasteiger partial charge in [0.15, 0.2) is 17.3 Å². The van der Waals surface area contributed by atoms with E-state index in [0.717, 1.165) is 6.07 Å². The van der Waals surface area contributed by atoms with E-state index in [4.69, 9.17) is 9.84 Å². The van der Waals surface area contributed by atoms with E-state index in [-0.39, 0.29) is 11.3 Å². The summed E-state index contributed by atoms with van der Waals surface area (Å²) >= 11 is 0. The number of aliphatic hydroxyl groups excluding tert-OH is 1. The first kappa shape index (κ1) is 15.1. The Bertz CT molecular complexity index is 906. The SMILES string of the molecule is COc1cc(-c2nc3cc(C(=O)CO)c(F)cc3[nH]2)ccc1F. The lowest BCUT2D eigenvalue weighted by Gasteiger charge is -2.03. The number of fused-ring (bicyclic) bond motifs is 1. The monoisotopic (exact) mass is 318 g/mol. The number of aromatic nitrogens is 2. The Morgan fingerprint density at radius 1 is 1.26 bits per heavy atom. The molecule has 0 saturated heterocycles. The summed E-state index contributed by atoms with van der Waals surface area (Å²) in [5.74, 6) is -1.54. The molecule has 0 atom stereocenters. The molecule has 0 bridgehead atoms. The highest BCUT2D eigenvalue weighted by Gasteiger charge is 2.15. The van der Waals surface area contributed by atoms with E-state index in [9.17, 15) is 13.6 Å². The molecular formula is C16H12F2N2O3. The van der Waals surface area contributed by atoms with E-state index in [1.165, 1.54) is 31.4 Å². The number of Topliss-reactive ketones (excluding diaryl/α,β-unsaturated/α-hetero) is 1. The van der Waals surface area contributed by atoms with Crippen molar-refractivity contribution in [3.63, 3.8) is 0 Å². The van der Waals surface area contributed by atoms with Gasteiger partial charge in [-0.2, -0.15) is 0 Å². The Labute approximate surface area is 129 Å². The summed E-state index contributed by atoms with van der Waals surface area (Å²) in [7, 11) is 1.35. The fourth-order valence-corrected chi connectivity index (χ4v) is 2.27. The number of carbonyl (C=O) groups excluding carboxylic acids is 1. The van der Waals surface area contributed by atoms with Crippen LogP contribution in [0.4, 0.5) is 8.78 Å². The summed E-state index contributed by atoms with van der Waals surface area (Å²) in [6, 6.07) is 6.61. The molecule has 0 aliphatic carbocycles. The van der Waals surface area contributed by atoms with Gasteiger partial charge in [0, 0.05) is 11.6 Å². The molecule has 118 valence electrons. The van der Waals surface area contributed by atoms with Crippen LogP contribution in [0.2, 0.25) is 0 Å². The number of nitrogens with zero attached hydrogens (tertiary/aromatic N) is 1. The molecule has 2 N–H and O–H groups in total. The number of halogens is 2. The van der Waals surface area contributed by atoms with Gasteiger partial charge in [-0.25, -0.2) is 13.8 Å². The van der Waals surface area contributed by atoms with Crippen LogP contribution in [0.1, 0.15) is 10.4 Å². The molecule has 0 spiro atoms. The van der Waals surface area contributed by atoms with Gasteiger partial charge in [-0.15, -0.1) is 0 Å². The van der Waals surface area contributed by atoms with Gasteiger partial charge in [0.2, 0.25) is 0 Å². The number of ether oxygens (including phenoxy) is 1. The molecule has 0 saturated carbocycles. The van der Waals surface area contributed by atoms with Crippen LogP contribution in [0, 0.1) is 11.6 Å². The zero-order valence-corrected chi connectivity index (χ0v) is 12.1. The van der Waals surface area contributed by atoms with Crippen molar-refractivity contribution >= 4 is 16.8 Å².